The standard InChI is InChI=1S/C19H22OSi/c1-15-12-13-16(2)19(18(15)11-8-14-20)21(3,4)17-9-6-5-7-10-17/h5-14H,1-4H3. The average molecular weight is 294 g/mol. The summed E-state index contributed by atoms with van der Waals surface area (Å²) in [5, 5.41) is 2.84. The molecule has 0 heterocycles. The molecule has 0 atom stereocenters. The lowest BCUT2D eigenvalue weighted by Gasteiger charge is -2.28. The smallest absolute Gasteiger partial charge is 0.142 e. The predicted molar refractivity (Wildman–Crippen MR) is 94.2 cm³/mol. The van der Waals surface area contributed by atoms with Gasteiger partial charge in [0.15, 0.2) is 0 Å². The molecule has 21 heavy (non-hydrogen) atoms. The highest BCUT2D eigenvalue weighted by molar-refractivity contribution is 7.01. The van der Waals surface area contributed by atoms with Crippen molar-refractivity contribution in [1.82, 2.24) is 0 Å². The zero-order valence-electron chi connectivity index (χ0n) is 13.2. The minimum atomic E-state index is -1.79. The number of hydrogen-bond acceptors (Lipinski definition) is 1. The molecular weight excluding hydrogens is 272 g/mol. The monoisotopic (exact) mass is 294 g/mol. The quantitative estimate of drug-likeness (QED) is 0.480. The number of carbonyl (C=O) groups is 1. The van der Waals surface area contributed by atoms with Crippen LogP contribution in [0.25, 0.3) is 6.08 Å². The fourth-order valence-corrected chi connectivity index (χ4v) is 6.35. The zero-order valence-corrected chi connectivity index (χ0v) is 14.2. The van der Waals surface area contributed by atoms with Crippen molar-refractivity contribution in [3.05, 3.63) is 65.2 Å². The molecule has 2 heteroatoms. The topological polar surface area (TPSA) is 17.1 Å². The molecule has 0 unspecified atom stereocenters. The van der Waals surface area contributed by atoms with Crippen molar-refractivity contribution in [3.63, 3.8) is 0 Å². The number of carbonyl (C=O) groups excluding carboxylic acids is 1. The highest BCUT2D eigenvalue weighted by Crippen LogP contribution is 2.17. The van der Waals surface area contributed by atoms with E-state index in [4.69, 9.17) is 0 Å². The number of hydrogen-bond donors (Lipinski definition) is 0. The van der Waals surface area contributed by atoms with Crippen LogP contribution in [-0.4, -0.2) is 14.4 Å². The normalized spacial score (nSPS) is 11.8. The van der Waals surface area contributed by atoms with E-state index < -0.39 is 8.07 Å². The maximum Gasteiger partial charge on any atom is 0.142 e. The number of allylic oxidation sites excluding steroid dienone is 1. The summed E-state index contributed by atoms with van der Waals surface area (Å²) in [5.74, 6) is 0. The van der Waals surface area contributed by atoms with Crippen LogP contribution in [0.5, 0.6) is 0 Å². The molecule has 0 radical (unpaired) electrons. The lowest BCUT2D eigenvalue weighted by Crippen LogP contribution is -2.55. The Morgan fingerprint density at radius 2 is 1.52 bits per heavy atom. The summed E-state index contributed by atoms with van der Waals surface area (Å²) in [6, 6.07) is 15.1. The Hall–Kier alpha value is -1.93. The lowest BCUT2D eigenvalue weighted by atomic mass is 10.0. The van der Waals surface area contributed by atoms with Crippen LogP contribution in [-0.2, 0) is 4.79 Å². The molecule has 0 aliphatic rings. The predicted octanol–water partition coefficient (Wildman–Crippen LogP) is 3.34. The molecule has 0 fully saturated rings. The molecule has 0 amide bonds. The van der Waals surface area contributed by atoms with E-state index in [0.717, 1.165) is 6.29 Å². The SMILES string of the molecule is Cc1ccc(C)c([Si](C)(C)c2ccccc2)c1C=CC=O. The molecular formula is C19H22OSi. The van der Waals surface area contributed by atoms with Crippen LogP contribution in [0.2, 0.25) is 13.1 Å². The van der Waals surface area contributed by atoms with Crippen molar-refractivity contribution in [2.24, 2.45) is 0 Å². The van der Waals surface area contributed by atoms with Crippen molar-refractivity contribution in [3.8, 4) is 0 Å². The second-order valence-corrected chi connectivity index (χ2v) is 10.3. The maximum atomic E-state index is 10.7. The molecule has 0 aliphatic heterocycles. The van der Waals surface area contributed by atoms with Gasteiger partial charge in [0, 0.05) is 0 Å². The van der Waals surface area contributed by atoms with Crippen LogP contribution in [0.3, 0.4) is 0 Å². The minimum Gasteiger partial charge on any atom is -0.299 e. The lowest BCUT2D eigenvalue weighted by molar-refractivity contribution is -0.104. The van der Waals surface area contributed by atoms with E-state index in [1.807, 2.05) is 6.08 Å². The van der Waals surface area contributed by atoms with Gasteiger partial charge in [-0.3, -0.25) is 4.79 Å². The number of benzene rings is 2. The molecule has 0 saturated carbocycles. The van der Waals surface area contributed by atoms with E-state index in [1.54, 1.807) is 6.08 Å². The fraction of sp³-hybridized carbons (Fsp3) is 0.211. The molecule has 2 aromatic carbocycles. The Morgan fingerprint density at radius 3 is 2.14 bits per heavy atom. The highest BCUT2D eigenvalue weighted by Gasteiger charge is 2.29. The van der Waals surface area contributed by atoms with Crippen LogP contribution in [0.4, 0.5) is 0 Å². The van der Waals surface area contributed by atoms with Gasteiger partial charge in [-0.15, -0.1) is 0 Å². The van der Waals surface area contributed by atoms with E-state index in [0.29, 0.717) is 0 Å². The first kappa shape index (κ1) is 15.5. The first-order valence-electron chi connectivity index (χ1n) is 7.26. The first-order chi connectivity index (χ1) is 9.98. The van der Waals surface area contributed by atoms with Gasteiger partial charge in [-0.05, 0) is 36.2 Å². The van der Waals surface area contributed by atoms with E-state index in [2.05, 4.69) is 69.4 Å². The van der Waals surface area contributed by atoms with Gasteiger partial charge in [0.25, 0.3) is 0 Å². The summed E-state index contributed by atoms with van der Waals surface area (Å²) < 4.78 is 0. The highest BCUT2D eigenvalue weighted by atomic mass is 28.3. The van der Waals surface area contributed by atoms with Crippen molar-refractivity contribution in [2.75, 3.05) is 0 Å². The Labute approximate surface area is 128 Å². The first-order valence-corrected chi connectivity index (χ1v) is 10.3. The zero-order chi connectivity index (χ0) is 15.5. The molecule has 2 rings (SSSR count). The van der Waals surface area contributed by atoms with E-state index in [-0.39, 0.29) is 0 Å². The van der Waals surface area contributed by atoms with Crippen LogP contribution >= 0.6 is 0 Å². The minimum absolute atomic E-state index is 0.850. The third-order valence-corrected chi connectivity index (χ3v) is 7.82. The molecule has 1 nitrogen and oxygen atoms in total. The second kappa shape index (κ2) is 6.23. The Kier molecular flexibility index (Phi) is 4.58. The van der Waals surface area contributed by atoms with Gasteiger partial charge < -0.3 is 0 Å². The van der Waals surface area contributed by atoms with E-state index >= 15 is 0 Å². The van der Waals surface area contributed by atoms with Crippen LogP contribution in [0.15, 0.2) is 48.5 Å². The molecule has 0 N–H and O–H groups in total. The molecule has 0 aromatic heterocycles. The fourth-order valence-electron chi connectivity index (χ4n) is 3.01. The third-order valence-electron chi connectivity index (χ3n) is 4.13. The molecule has 0 aliphatic carbocycles. The maximum absolute atomic E-state index is 10.7. The Bertz CT molecular complexity index is 669. The number of aryl methyl sites for hydroxylation is 2. The summed E-state index contributed by atoms with van der Waals surface area (Å²) in [4.78, 5) is 10.7. The second-order valence-electron chi connectivity index (χ2n) is 5.97. The van der Waals surface area contributed by atoms with Crippen molar-refractivity contribution in [1.29, 1.82) is 0 Å². The molecule has 0 saturated heterocycles. The van der Waals surface area contributed by atoms with Crippen molar-refractivity contribution >= 4 is 30.8 Å². The molecule has 0 bridgehead atoms. The molecule has 0 spiro atoms. The number of aldehydes is 1. The number of rotatable bonds is 4. The van der Waals surface area contributed by atoms with E-state index in [1.165, 1.54) is 27.1 Å². The van der Waals surface area contributed by atoms with E-state index in [9.17, 15) is 4.79 Å². The Morgan fingerprint density at radius 1 is 0.905 bits per heavy atom. The molecule has 2 aromatic rings. The van der Waals surface area contributed by atoms with Gasteiger partial charge in [0.2, 0.25) is 0 Å². The summed E-state index contributed by atoms with van der Waals surface area (Å²) >= 11 is 0. The largest absolute Gasteiger partial charge is 0.299 e. The third kappa shape index (κ3) is 3.06. The summed E-state index contributed by atoms with van der Waals surface area (Å²) in [6.45, 7) is 9.04. The van der Waals surface area contributed by atoms with Gasteiger partial charge in [-0.2, -0.15) is 0 Å². The van der Waals surface area contributed by atoms with Gasteiger partial charge in [0.05, 0.1) is 0 Å². The van der Waals surface area contributed by atoms with Crippen LogP contribution in [0, 0.1) is 13.8 Å². The summed E-state index contributed by atoms with van der Waals surface area (Å²) in [7, 11) is -1.79. The van der Waals surface area contributed by atoms with Crippen molar-refractivity contribution < 1.29 is 4.79 Å². The van der Waals surface area contributed by atoms with Crippen molar-refractivity contribution in [2.45, 2.75) is 26.9 Å². The molecule has 108 valence electrons. The van der Waals surface area contributed by atoms with Crippen LogP contribution in [0.1, 0.15) is 16.7 Å². The van der Waals surface area contributed by atoms with Gasteiger partial charge in [-0.25, -0.2) is 0 Å². The van der Waals surface area contributed by atoms with Gasteiger partial charge in [-0.1, -0.05) is 72.4 Å². The van der Waals surface area contributed by atoms with Gasteiger partial charge in [0.1, 0.15) is 14.4 Å². The average Bonchev–Trinajstić information content (AvgIpc) is 2.48. The Balaban J connectivity index is 2.70. The van der Waals surface area contributed by atoms with Crippen LogP contribution < -0.4 is 10.4 Å². The summed E-state index contributed by atoms with van der Waals surface area (Å²) in [6.07, 6.45) is 4.41. The van der Waals surface area contributed by atoms with Gasteiger partial charge >= 0.3 is 0 Å². The summed E-state index contributed by atoms with van der Waals surface area (Å²) in [5.41, 5.74) is 3.75.